The van der Waals surface area contributed by atoms with Crippen molar-refractivity contribution in [3.63, 3.8) is 0 Å². The molecule has 1 aliphatic rings. The van der Waals surface area contributed by atoms with Crippen LogP contribution < -0.4 is 10.2 Å². The molecule has 1 amide bonds. The molecule has 1 atom stereocenters. The number of aromatic nitrogens is 3. The minimum Gasteiger partial charge on any atom is -0.354 e. The number of halogens is 1. The molecule has 1 aromatic carbocycles. The van der Waals surface area contributed by atoms with Crippen LogP contribution in [0.15, 0.2) is 47.0 Å². The fourth-order valence-corrected chi connectivity index (χ4v) is 3.44. The van der Waals surface area contributed by atoms with Crippen molar-refractivity contribution < 1.29 is 9.32 Å². The van der Waals surface area contributed by atoms with E-state index in [2.05, 4.69) is 25.6 Å². The molecule has 3 aromatic rings. The summed E-state index contributed by atoms with van der Waals surface area (Å²) in [4.78, 5) is 14.6. The van der Waals surface area contributed by atoms with Crippen LogP contribution in [0.2, 0.25) is 5.02 Å². The third kappa shape index (κ3) is 4.14. The Kier molecular flexibility index (Phi) is 5.25. The molecule has 0 spiro atoms. The van der Waals surface area contributed by atoms with E-state index in [1.165, 1.54) is 0 Å². The van der Waals surface area contributed by atoms with Gasteiger partial charge in [0, 0.05) is 29.7 Å². The van der Waals surface area contributed by atoms with Crippen LogP contribution in [-0.4, -0.2) is 34.4 Å². The van der Waals surface area contributed by atoms with Crippen molar-refractivity contribution in [2.75, 3.05) is 23.3 Å². The number of hydrogen-bond acceptors (Lipinski definition) is 6. The van der Waals surface area contributed by atoms with Gasteiger partial charge in [0.2, 0.25) is 11.8 Å². The molecule has 0 bridgehead atoms. The Bertz CT molecular complexity index is 955. The number of amides is 1. The molecule has 1 aliphatic heterocycles. The zero-order valence-electron chi connectivity index (χ0n) is 15.4. The zero-order valence-corrected chi connectivity index (χ0v) is 16.2. The fourth-order valence-electron chi connectivity index (χ4n) is 3.31. The summed E-state index contributed by atoms with van der Waals surface area (Å²) in [5, 5.41) is 16.0. The Morgan fingerprint density at radius 3 is 2.71 bits per heavy atom. The van der Waals surface area contributed by atoms with Gasteiger partial charge in [0.1, 0.15) is 0 Å². The molecule has 2 aromatic heterocycles. The van der Waals surface area contributed by atoms with Crippen LogP contribution in [0.3, 0.4) is 0 Å². The van der Waals surface area contributed by atoms with Gasteiger partial charge in [-0.3, -0.25) is 10.1 Å². The molecule has 28 heavy (non-hydrogen) atoms. The van der Waals surface area contributed by atoms with Gasteiger partial charge >= 0.3 is 0 Å². The van der Waals surface area contributed by atoms with E-state index < -0.39 is 0 Å². The van der Waals surface area contributed by atoms with Gasteiger partial charge in [0.15, 0.2) is 5.82 Å². The van der Waals surface area contributed by atoms with E-state index in [9.17, 15) is 4.79 Å². The Hall–Kier alpha value is -2.93. The molecule has 1 fully saturated rings. The van der Waals surface area contributed by atoms with Crippen LogP contribution in [0.25, 0.3) is 11.3 Å². The minimum absolute atomic E-state index is 0.0633. The van der Waals surface area contributed by atoms with E-state index in [1.54, 1.807) is 6.07 Å². The lowest BCUT2D eigenvalue weighted by atomic mass is 9.97. The van der Waals surface area contributed by atoms with E-state index in [4.69, 9.17) is 16.1 Å². The number of nitrogens with one attached hydrogen (secondary N) is 1. The highest BCUT2D eigenvalue weighted by molar-refractivity contribution is 6.30. The monoisotopic (exact) mass is 397 g/mol. The van der Waals surface area contributed by atoms with Gasteiger partial charge in [-0.05, 0) is 44.0 Å². The number of aryl methyl sites for hydroxylation is 1. The number of piperidine rings is 1. The smallest absolute Gasteiger partial charge is 0.231 e. The highest BCUT2D eigenvalue weighted by atomic mass is 35.5. The maximum Gasteiger partial charge on any atom is 0.231 e. The molecular weight excluding hydrogens is 378 g/mol. The van der Waals surface area contributed by atoms with Crippen molar-refractivity contribution in [2.45, 2.75) is 19.8 Å². The van der Waals surface area contributed by atoms with Crippen LogP contribution in [-0.2, 0) is 4.79 Å². The summed E-state index contributed by atoms with van der Waals surface area (Å²) < 4.78 is 5.07. The second-order valence-electron chi connectivity index (χ2n) is 6.89. The summed E-state index contributed by atoms with van der Waals surface area (Å²) in [6.45, 7) is 3.25. The number of carbonyl (C=O) groups excluding carboxylic acids is 1. The molecule has 4 rings (SSSR count). The van der Waals surface area contributed by atoms with Crippen molar-refractivity contribution in [3.8, 4) is 11.3 Å². The van der Waals surface area contributed by atoms with Crippen LogP contribution in [0, 0.1) is 12.8 Å². The van der Waals surface area contributed by atoms with Gasteiger partial charge < -0.3 is 9.42 Å². The number of hydrogen-bond donors (Lipinski definition) is 1. The van der Waals surface area contributed by atoms with Crippen molar-refractivity contribution in [3.05, 3.63) is 53.2 Å². The number of benzene rings is 1. The second kappa shape index (κ2) is 7.98. The number of carbonyl (C=O) groups is 1. The maximum atomic E-state index is 12.5. The van der Waals surface area contributed by atoms with Crippen molar-refractivity contribution in [1.29, 1.82) is 0 Å². The lowest BCUT2D eigenvalue weighted by molar-refractivity contribution is -0.120. The Balaban J connectivity index is 1.42. The highest BCUT2D eigenvalue weighted by Crippen LogP contribution is 2.25. The van der Waals surface area contributed by atoms with Crippen LogP contribution in [0.1, 0.15) is 18.5 Å². The van der Waals surface area contributed by atoms with Gasteiger partial charge in [-0.2, -0.15) is 0 Å². The van der Waals surface area contributed by atoms with Gasteiger partial charge in [-0.25, -0.2) is 0 Å². The normalized spacial score (nSPS) is 16.8. The quantitative estimate of drug-likeness (QED) is 0.717. The molecule has 0 radical (unpaired) electrons. The van der Waals surface area contributed by atoms with Crippen molar-refractivity contribution in [1.82, 2.24) is 15.4 Å². The van der Waals surface area contributed by atoms with Gasteiger partial charge in [-0.1, -0.05) is 28.9 Å². The van der Waals surface area contributed by atoms with Crippen molar-refractivity contribution >= 4 is 29.2 Å². The molecule has 0 aliphatic carbocycles. The average Bonchev–Trinajstić information content (AvgIpc) is 3.13. The summed E-state index contributed by atoms with van der Waals surface area (Å²) >= 11 is 5.93. The lowest BCUT2D eigenvalue weighted by Crippen LogP contribution is -2.41. The largest absolute Gasteiger partial charge is 0.354 e. The number of rotatable bonds is 4. The van der Waals surface area contributed by atoms with Crippen LogP contribution in [0.4, 0.5) is 11.7 Å². The molecule has 8 heteroatoms. The van der Waals surface area contributed by atoms with Gasteiger partial charge in [0.05, 0.1) is 17.3 Å². The predicted molar refractivity (Wildman–Crippen MR) is 107 cm³/mol. The van der Waals surface area contributed by atoms with E-state index in [-0.39, 0.29) is 11.8 Å². The summed E-state index contributed by atoms with van der Waals surface area (Å²) in [6, 6.07) is 13.1. The minimum atomic E-state index is -0.142. The lowest BCUT2D eigenvalue weighted by Gasteiger charge is -2.32. The average molecular weight is 398 g/mol. The van der Waals surface area contributed by atoms with E-state index >= 15 is 0 Å². The van der Waals surface area contributed by atoms with Crippen LogP contribution >= 0.6 is 11.6 Å². The highest BCUT2D eigenvalue weighted by Gasteiger charge is 2.27. The molecule has 3 heterocycles. The maximum absolute atomic E-state index is 12.5. The first-order valence-corrected chi connectivity index (χ1v) is 9.55. The van der Waals surface area contributed by atoms with E-state index in [0.717, 1.165) is 42.2 Å². The van der Waals surface area contributed by atoms with Gasteiger partial charge in [0.25, 0.3) is 0 Å². The molecular formula is C20H20ClN5O2. The number of nitrogens with zero attached hydrogens (tertiary/aromatic N) is 4. The summed E-state index contributed by atoms with van der Waals surface area (Å²) in [6.07, 6.45) is 1.74. The molecule has 0 unspecified atom stereocenters. The molecule has 7 nitrogen and oxygen atoms in total. The Morgan fingerprint density at radius 1 is 1.21 bits per heavy atom. The van der Waals surface area contributed by atoms with Crippen LogP contribution in [0.5, 0.6) is 0 Å². The Labute approximate surface area is 167 Å². The first-order valence-electron chi connectivity index (χ1n) is 9.17. The SMILES string of the molecule is Cc1cc(NC(=O)[C@@H]2CCCN(c3ccc(-c4ccc(Cl)cc4)nn3)C2)on1. The standard InChI is InChI=1S/C20H20ClN5O2/c1-13-11-19(28-25-13)22-20(27)15-3-2-10-26(12-15)18-9-8-17(23-24-18)14-4-6-16(21)7-5-14/h4-9,11,15H,2-3,10,12H2,1H3,(H,22,27)/t15-/m1/s1. The van der Waals surface area contributed by atoms with Gasteiger partial charge in [-0.15, -0.1) is 10.2 Å². The summed E-state index contributed by atoms with van der Waals surface area (Å²) in [5.41, 5.74) is 2.48. The Morgan fingerprint density at radius 2 is 2.04 bits per heavy atom. The van der Waals surface area contributed by atoms with Crippen molar-refractivity contribution in [2.24, 2.45) is 5.92 Å². The third-order valence-corrected chi connectivity index (χ3v) is 5.03. The topological polar surface area (TPSA) is 84.2 Å². The summed E-state index contributed by atoms with van der Waals surface area (Å²) in [7, 11) is 0. The molecule has 0 saturated carbocycles. The second-order valence-corrected chi connectivity index (χ2v) is 7.33. The predicted octanol–water partition coefficient (Wildman–Crippen LogP) is 3.95. The first kappa shape index (κ1) is 18.4. The molecule has 144 valence electrons. The first-order chi connectivity index (χ1) is 13.6. The van der Waals surface area contributed by atoms with E-state index in [0.29, 0.717) is 17.5 Å². The third-order valence-electron chi connectivity index (χ3n) is 4.78. The fraction of sp³-hybridized carbons (Fsp3) is 0.300. The number of anilines is 2. The summed E-state index contributed by atoms with van der Waals surface area (Å²) in [5.74, 6) is 0.945. The molecule has 1 N–H and O–H groups in total. The zero-order chi connectivity index (χ0) is 19.5. The van der Waals surface area contributed by atoms with E-state index in [1.807, 2.05) is 43.3 Å². The molecule has 1 saturated heterocycles.